The topological polar surface area (TPSA) is 61.6 Å². The minimum absolute atomic E-state index is 0.0499. The molecule has 0 bridgehead atoms. The molecular weight excluding hydrogens is 264 g/mol. The maximum atomic E-state index is 12.0. The number of hydrogen-bond donors (Lipinski definition) is 2. The van der Waals surface area contributed by atoms with Crippen molar-refractivity contribution < 1.29 is 4.79 Å². The zero-order chi connectivity index (χ0) is 16.0. The van der Waals surface area contributed by atoms with Crippen molar-refractivity contribution in [3.63, 3.8) is 0 Å². The van der Waals surface area contributed by atoms with Gasteiger partial charge in [-0.15, -0.1) is 0 Å². The molecule has 1 aliphatic heterocycles. The van der Waals surface area contributed by atoms with Crippen molar-refractivity contribution in [1.29, 1.82) is 0 Å². The van der Waals surface area contributed by atoms with Gasteiger partial charge in [0.05, 0.1) is 0 Å². The van der Waals surface area contributed by atoms with Crippen molar-refractivity contribution in [2.24, 2.45) is 17.6 Å². The van der Waals surface area contributed by atoms with Gasteiger partial charge in [0.2, 0.25) is 5.91 Å². The fourth-order valence-corrected chi connectivity index (χ4v) is 2.68. The Morgan fingerprint density at radius 2 is 1.67 bits per heavy atom. The zero-order valence-electron chi connectivity index (χ0n) is 14.4. The minimum Gasteiger partial charge on any atom is -0.354 e. The van der Waals surface area contributed by atoms with Crippen molar-refractivity contribution in [2.75, 3.05) is 39.8 Å². The third-order valence-electron chi connectivity index (χ3n) is 4.56. The Bertz CT molecular complexity index is 311. The summed E-state index contributed by atoms with van der Waals surface area (Å²) in [6.45, 7) is 13.7. The van der Waals surface area contributed by atoms with E-state index in [1.807, 2.05) is 0 Å². The molecule has 1 heterocycles. The number of nitrogens with two attached hydrogens (primary N) is 1. The van der Waals surface area contributed by atoms with Crippen LogP contribution in [0, 0.1) is 11.8 Å². The summed E-state index contributed by atoms with van der Waals surface area (Å²) in [5.74, 6) is 0.956. The molecule has 124 valence electrons. The summed E-state index contributed by atoms with van der Waals surface area (Å²) in [5, 5.41) is 3.08. The highest BCUT2D eigenvalue weighted by molar-refractivity contribution is 5.76. The first-order valence-electron chi connectivity index (χ1n) is 8.26. The average Bonchev–Trinajstić information content (AvgIpc) is 2.40. The quantitative estimate of drug-likeness (QED) is 0.728. The van der Waals surface area contributed by atoms with Crippen LogP contribution >= 0.6 is 0 Å². The monoisotopic (exact) mass is 298 g/mol. The summed E-state index contributed by atoms with van der Waals surface area (Å²) >= 11 is 0. The minimum atomic E-state index is -0.0499. The first kappa shape index (κ1) is 18.4. The predicted octanol–water partition coefficient (Wildman–Crippen LogP) is 0.748. The number of piperazine rings is 1. The molecule has 1 saturated heterocycles. The molecule has 0 spiro atoms. The summed E-state index contributed by atoms with van der Waals surface area (Å²) in [5.41, 5.74) is 5.96. The predicted molar refractivity (Wildman–Crippen MR) is 88.1 cm³/mol. The summed E-state index contributed by atoms with van der Waals surface area (Å²) in [6.07, 6.45) is 0.422. The fraction of sp³-hybridized carbons (Fsp3) is 0.938. The van der Waals surface area contributed by atoms with Crippen LogP contribution in [0.25, 0.3) is 0 Å². The zero-order valence-corrected chi connectivity index (χ0v) is 14.4. The molecule has 1 fully saturated rings. The number of rotatable bonds is 7. The molecule has 2 atom stereocenters. The molecule has 0 aromatic rings. The van der Waals surface area contributed by atoms with E-state index in [-0.39, 0.29) is 11.9 Å². The lowest BCUT2D eigenvalue weighted by atomic mass is 10.00. The number of amides is 1. The first-order valence-corrected chi connectivity index (χ1v) is 8.26. The molecule has 3 N–H and O–H groups in total. The number of likely N-dealkylation sites (N-methyl/N-ethyl adjacent to an activating group) is 1. The van der Waals surface area contributed by atoms with Crippen LogP contribution in [-0.4, -0.2) is 67.6 Å². The fourth-order valence-electron chi connectivity index (χ4n) is 2.68. The van der Waals surface area contributed by atoms with Gasteiger partial charge in [0, 0.05) is 51.2 Å². The van der Waals surface area contributed by atoms with E-state index in [4.69, 9.17) is 5.73 Å². The van der Waals surface area contributed by atoms with E-state index >= 15 is 0 Å². The van der Waals surface area contributed by atoms with Crippen LogP contribution in [-0.2, 0) is 4.79 Å². The Morgan fingerprint density at radius 1 is 1.10 bits per heavy atom. The molecule has 0 aromatic carbocycles. The Balaban J connectivity index is 2.42. The number of carbonyl (C=O) groups is 1. The van der Waals surface area contributed by atoms with Gasteiger partial charge in [0.1, 0.15) is 0 Å². The number of hydrogen-bond acceptors (Lipinski definition) is 4. The smallest absolute Gasteiger partial charge is 0.221 e. The summed E-state index contributed by atoms with van der Waals surface area (Å²) in [6, 6.07) is 0.365. The molecular formula is C16H34N4O. The van der Waals surface area contributed by atoms with Gasteiger partial charge in [-0.3, -0.25) is 9.69 Å². The largest absolute Gasteiger partial charge is 0.354 e. The van der Waals surface area contributed by atoms with Gasteiger partial charge >= 0.3 is 0 Å². The second-order valence-corrected chi connectivity index (χ2v) is 7.07. The van der Waals surface area contributed by atoms with Gasteiger partial charge in [-0.25, -0.2) is 0 Å². The Labute approximate surface area is 130 Å². The van der Waals surface area contributed by atoms with Gasteiger partial charge in [-0.2, -0.15) is 0 Å². The van der Waals surface area contributed by atoms with Gasteiger partial charge in [0.25, 0.3) is 0 Å². The molecule has 0 radical (unpaired) electrons. The van der Waals surface area contributed by atoms with Crippen molar-refractivity contribution in [3.05, 3.63) is 0 Å². The molecule has 0 saturated carbocycles. The maximum absolute atomic E-state index is 12.0. The Kier molecular flexibility index (Phi) is 7.63. The van der Waals surface area contributed by atoms with Crippen LogP contribution in [0.5, 0.6) is 0 Å². The second kappa shape index (κ2) is 8.71. The molecule has 5 nitrogen and oxygen atoms in total. The van der Waals surface area contributed by atoms with Crippen molar-refractivity contribution in [2.45, 2.75) is 46.2 Å². The lowest BCUT2D eigenvalue weighted by Gasteiger charge is -2.40. The van der Waals surface area contributed by atoms with Crippen molar-refractivity contribution in [1.82, 2.24) is 15.1 Å². The van der Waals surface area contributed by atoms with E-state index in [2.05, 4.69) is 49.9 Å². The molecule has 0 aromatic heterocycles. The third kappa shape index (κ3) is 6.32. The van der Waals surface area contributed by atoms with Crippen molar-refractivity contribution >= 4 is 5.91 Å². The van der Waals surface area contributed by atoms with E-state index in [1.165, 1.54) is 0 Å². The molecule has 1 aliphatic rings. The van der Waals surface area contributed by atoms with Crippen LogP contribution in [0.3, 0.4) is 0 Å². The SMILES string of the molecule is CC(C)C(N)CC(=O)NCC(C(C)C)N1CCN(C)CC1. The van der Waals surface area contributed by atoms with Crippen LogP contribution < -0.4 is 11.1 Å². The van der Waals surface area contributed by atoms with Crippen LogP contribution in [0.1, 0.15) is 34.1 Å². The second-order valence-electron chi connectivity index (χ2n) is 7.07. The summed E-state index contributed by atoms with van der Waals surface area (Å²) < 4.78 is 0. The standard InChI is InChI=1S/C16H34N4O/c1-12(2)14(17)10-16(21)18-11-15(13(3)4)20-8-6-19(5)7-9-20/h12-15H,6-11,17H2,1-5H3,(H,18,21). The highest BCUT2D eigenvalue weighted by Gasteiger charge is 2.25. The number of carbonyl (C=O) groups excluding carboxylic acids is 1. The van der Waals surface area contributed by atoms with Crippen LogP contribution in [0.2, 0.25) is 0 Å². The van der Waals surface area contributed by atoms with Crippen molar-refractivity contribution in [3.8, 4) is 0 Å². The average molecular weight is 298 g/mol. The molecule has 2 unspecified atom stereocenters. The Hall–Kier alpha value is -0.650. The lowest BCUT2D eigenvalue weighted by Crippen LogP contribution is -2.54. The highest BCUT2D eigenvalue weighted by atomic mass is 16.1. The summed E-state index contributed by atoms with van der Waals surface area (Å²) in [4.78, 5) is 16.9. The van der Waals surface area contributed by atoms with Gasteiger partial charge in [-0.05, 0) is 18.9 Å². The van der Waals surface area contributed by atoms with Gasteiger partial charge in [0.15, 0.2) is 0 Å². The van der Waals surface area contributed by atoms with Gasteiger partial charge < -0.3 is 16.0 Å². The van der Waals surface area contributed by atoms with Gasteiger partial charge in [-0.1, -0.05) is 27.7 Å². The Morgan fingerprint density at radius 3 is 2.14 bits per heavy atom. The molecule has 5 heteroatoms. The highest BCUT2D eigenvalue weighted by Crippen LogP contribution is 2.13. The maximum Gasteiger partial charge on any atom is 0.221 e. The number of nitrogens with one attached hydrogen (secondary N) is 1. The molecule has 21 heavy (non-hydrogen) atoms. The first-order chi connectivity index (χ1) is 9.81. The van der Waals surface area contributed by atoms with E-state index in [0.717, 1.165) is 32.7 Å². The third-order valence-corrected chi connectivity index (χ3v) is 4.56. The number of nitrogens with zero attached hydrogens (tertiary/aromatic N) is 2. The van der Waals surface area contributed by atoms with E-state index in [1.54, 1.807) is 0 Å². The van der Waals surface area contributed by atoms with E-state index < -0.39 is 0 Å². The normalized spacial score (nSPS) is 20.8. The van der Waals surface area contributed by atoms with E-state index in [9.17, 15) is 4.79 Å². The van der Waals surface area contributed by atoms with Crippen LogP contribution in [0.15, 0.2) is 0 Å². The lowest BCUT2D eigenvalue weighted by molar-refractivity contribution is -0.122. The molecule has 1 amide bonds. The summed E-state index contributed by atoms with van der Waals surface area (Å²) in [7, 11) is 2.16. The van der Waals surface area contributed by atoms with Crippen LogP contribution in [0.4, 0.5) is 0 Å². The van der Waals surface area contributed by atoms with E-state index in [0.29, 0.717) is 24.3 Å². The molecule has 1 rings (SSSR count). The molecule has 0 aliphatic carbocycles.